The second kappa shape index (κ2) is 5.20. The Morgan fingerprint density at radius 2 is 1.69 bits per heavy atom. The predicted octanol–water partition coefficient (Wildman–Crippen LogP) is 1.66. The number of methoxy groups -OCH3 is 1. The van der Waals surface area contributed by atoms with Gasteiger partial charge in [0.2, 0.25) is 0 Å². The van der Waals surface area contributed by atoms with E-state index in [1.165, 1.54) is 14.5 Å². The van der Waals surface area contributed by atoms with Crippen molar-refractivity contribution in [3.63, 3.8) is 0 Å². The van der Waals surface area contributed by atoms with E-state index in [2.05, 4.69) is 43.3 Å². The SMILES string of the molecule is COc1ccc([Se]c2cccc(C)c2)cc1. The number of rotatable bonds is 3. The van der Waals surface area contributed by atoms with Gasteiger partial charge in [0.1, 0.15) is 0 Å². The molecule has 2 rings (SSSR count). The summed E-state index contributed by atoms with van der Waals surface area (Å²) in [5.74, 6) is 0.920. The van der Waals surface area contributed by atoms with E-state index in [-0.39, 0.29) is 0 Å². The molecule has 0 heterocycles. The topological polar surface area (TPSA) is 9.23 Å². The molecule has 2 aromatic rings. The van der Waals surface area contributed by atoms with Gasteiger partial charge in [-0.15, -0.1) is 0 Å². The summed E-state index contributed by atoms with van der Waals surface area (Å²) in [7, 11) is 1.70. The van der Waals surface area contributed by atoms with Gasteiger partial charge in [-0.3, -0.25) is 0 Å². The van der Waals surface area contributed by atoms with Gasteiger partial charge in [-0.2, -0.15) is 0 Å². The Bertz CT molecular complexity index is 462. The van der Waals surface area contributed by atoms with Crippen molar-refractivity contribution in [2.45, 2.75) is 6.92 Å². The fourth-order valence-corrected chi connectivity index (χ4v) is 3.42. The minimum absolute atomic E-state index is 0.387. The quantitative estimate of drug-likeness (QED) is 0.775. The summed E-state index contributed by atoms with van der Waals surface area (Å²) in [5, 5.41) is 0. The molecule has 16 heavy (non-hydrogen) atoms. The van der Waals surface area contributed by atoms with Crippen molar-refractivity contribution >= 4 is 23.9 Å². The van der Waals surface area contributed by atoms with Crippen molar-refractivity contribution in [3.8, 4) is 5.75 Å². The third-order valence-electron chi connectivity index (χ3n) is 2.28. The zero-order valence-corrected chi connectivity index (χ0v) is 11.1. The Morgan fingerprint density at radius 3 is 2.31 bits per heavy atom. The van der Waals surface area contributed by atoms with Gasteiger partial charge < -0.3 is 0 Å². The third-order valence-corrected chi connectivity index (χ3v) is 4.38. The Labute approximate surface area is 103 Å². The molecule has 1 nitrogen and oxygen atoms in total. The molecule has 0 bridgehead atoms. The second-order valence-electron chi connectivity index (χ2n) is 3.59. The van der Waals surface area contributed by atoms with Crippen molar-refractivity contribution in [1.29, 1.82) is 0 Å². The zero-order chi connectivity index (χ0) is 11.4. The maximum atomic E-state index is 5.15. The molecule has 0 unspecified atom stereocenters. The van der Waals surface area contributed by atoms with Crippen LogP contribution in [-0.2, 0) is 0 Å². The van der Waals surface area contributed by atoms with Crippen LogP contribution in [-0.4, -0.2) is 22.1 Å². The van der Waals surface area contributed by atoms with Crippen molar-refractivity contribution in [1.82, 2.24) is 0 Å². The summed E-state index contributed by atoms with van der Waals surface area (Å²) in [6, 6.07) is 17.0. The van der Waals surface area contributed by atoms with E-state index in [1.54, 1.807) is 7.11 Å². The van der Waals surface area contributed by atoms with Gasteiger partial charge in [-0.25, -0.2) is 0 Å². The van der Waals surface area contributed by atoms with E-state index in [4.69, 9.17) is 4.74 Å². The maximum absolute atomic E-state index is 5.15. The van der Waals surface area contributed by atoms with Crippen LogP contribution < -0.4 is 13.7 Å². The molecule has 0 amide bonds. The Morgan fingerprint density at radius 1 is 0.938 bits per heavy atom. The van der Waals surface area contributed by atoms with Crippen LogP contribution in [0.4, 0.5) is 0 Å². The van der Waals surface area contributed by atoms with Crippen molar-refractivity contribution < 1.29 is 4.74 Å². The molecule has 2 aromatic carbocycles. The Kier molecular flexibility index (Phi) is 3.66. The summed E-state index contributed by atoms with van der Waals surface area (Å²) >= 11 is 0.387. The molecule has 2 heteroatoms. The number of benzene rings is 2. The average Bonchev–Trinajstić information content (AvgIpc) is 2.30. The summed E-state index contributed by atoms with van der Waals surface area (Å²) < 4.78 is 7.93. The number of hydrogen-bond donors (Lipinski definition) is 0. The van der Waals surface area contributed by atoms with Crippen molar-refractivity contribution in [3.05, 3.63) is 54.1 Å². The first-order valence-electron chi connectivity index (χ1n) is 5.16. The molecule has 0 N–H and O–H groups in total. The van der Waals surface area contributed by atoms with Crippen LogP contribution in [0.3, 0.4) is 0 Å². The first-order valence-corrected chi connectivity index (χ1v) is 6.88. The zero-order valence-electron chi connectivity index (χ0n) is 9.44. The Balaban J connectivity index is 2.14. The normalized spacial score (nSPS) is 10.1. The molecule has 0 saturated heterocycles. The van der Waals surface area contributed by atoms with E-state index in [1.807, 2.05) is 12.1 Å². The first kappa shape index (κ1) is 11.3. The molecule has 0 atom stereocenters. The van der Waals surface area contributed by atoms with Crippen LogP contribution in [0.1, 0.15) is 5.56 Å². The van der Waals surface area contributed by atoms with Crippen LogP contribution >= 0.6 is 0 Å². The summed E-state index contributed by atoms with van der Waals surface area (Å²) in [5.41, 5.74) is 1.33. The van der Waals surface area contributed by atoms with E-state index >= 15 is 0 Å². The second-order valence-corrected chi connectivity index (χ2v) is 6.00. The van der Waals surface area contributed by atoms with E-state index in [0.29, 0.717) is 15.0 Å². The fourth-order valence-electron chi connectivity index (χ4n) is 1.46. The van der Waals surface area contributed by atoms with Gasteiger partial charge in [-0.1, -0.05) is 0 Å². The monoisotopic (exact) mass is 278 g/mol. The molecule has 0 aliphatic heterocycles. The molecule has 0 aliphatic carbocycles. The predicted molar refractivity (Wildman–Crippen MR) is 69.2 cm³/mol. The summed E-state index contributed by atoms with van der Waals surface area (Å²) in [6.07, 6.45) is 0. The molecule has 0 fully saturated rings. The number of hydrogen-bond acceptors (Lipinski definition) is 1. The molecule has 0 aliphatic rings. The van der Waals surface area contributed by atoms with Gasteiger partial charge in [0.05, 0.1) is 0 Å². The van der Waals surface area contributed by atoms with Crippen LogP contribution in [0.2, 0.25) is 0 Å². The van der Waals surface area contributed by atoms with Crippen LogP contribution in [0, 0.1) is 6.92 Å². The minimum atomic E-state index is 0.387. The first-order chi connectivity index (χ1) is 7.78. The third kappa shape index (κ3) is 2.88. The molecule has 0 saturated carbocycles. The van der Waals surface area contributed by atoms with Crippen molar-refractivity contribution in [2.24, 2.45) is 0 Å². The number of ether oxygens (including phenoxy) is 1. The molecule has 82 valence electrons. The average molecular weight is 277 g/mol. The molecule has 0 radical (unpaired) electrons. The van der Waals surface area contributed by atoms with Crippen LogP contribution in [0.25, 0.3) is 0 Å². The molecular formula is C14H14OSe. The van der Waals surface area contributed by atoms with Gasteiger partial charge in [0, 0.05) is 0 Å². The summed E-state index contributed by atoms with van der Waals surface area (Å²) in [4.78, 5) is 0. The van der Waals surface area contributed by atoms with Crippen molar-refractivity contribution in [2.75, 3.05) is 7.11 Å². The van der Waals surface area contributed by atoms with E-state index < -0.39 is 0 Å². The fraction of sp³-hybridized carbons (Fsp3) is 0.143. The molecule has 0 spiro atoms. The van der Waals surface area contributed by atoms with Gasteiger partial charge in [0.15, 0.2) is 0 Å². The standard InChI is InChI=1S/C14H14OSe/c1-11-4-3-5-14(10-11)16-13-8-6-12(15-2)7-9-13/h3-10H,1-2H3. The molecular weight excluding hydrogens is 263 g/mol. The summed E-state index contributed by atoms with van der Waals surface area (Å²) in [6.45, 7) is 2.13. The number of aryl methyl sites for hydroxylation is 1. The van der Waals surface area contributed by atoms with E-state index in [9.17, 15) is 0 Å². The Hall–Kier alpha value is -1.24. The van der Waals surface area contributed by atoms with Gasteiger partial charge in [-0.05, 0) is 0 Å². The van der Waals surface area contributed by atoms with Crippen LogP contribution in [0.5, 0.6) is 5.75 Å². The van der Waals surface area contributed by atoms with E-state index in [0.717, 1.165) is 5.75 Å². The molecule has 0 aromatic heterocycles. The van der Waals surface area contributed by atoms with Crippen LogP contribution in [0.15, 0.2) is 48.5 Å². The van der Waals surface area contributed by atoms with Gasteiger partial charge >= 0.3 is 102 Å². The van der Waals surface area contributed by atoms with Gasteiger partial charge in [0.25, 0.3) is 0 Å².